The minimum atomic E-state index is -0.583. The lowest BCUT2D eigenvalue weighted by Gasteiger charge is -2.18. The standard InChI is InChI=1S/C55H88O5/c1-4-7-10-13-16-19-22-25-27-29-32-35-38-41-44-47-50-58-51-53(60-55(57)49-46-43-40-37-34-30-24-21-18-15-12-9-6-3)52-59-54(56)48-45-42-39-36-33-31-28-26-23-20-17-14-11-8-5-2/h7-12,16-21,25-28,30,32,34-35,53H,4-6,13-15,22-24,29,31,33,36-52H2,1-3H3/b10-7-,11-8-,12-9-,19-16-,20-17-,21-18-,27-25-,28-26-,34-30-,35-32-. The van der Waals surface area contributed by atoms with Gasteiger partial charge in [-0.05, 0) is 122 Å². The summed E-state index contributed by atoms with van der Waals surface area (Å²) in [6, 6.07) is 0. The van der Waals surface area contributed by atoms with Crippen molar-refractivity contribution in [1.82, 2.24) is 0 Å². The lowest BCUT2D eigenvalue weighted by molar-refractivity contribution is -0.163. The second-order valence-electron chi connectivity index (χ2n) is 15.2. The topological polar surface area (TPSA) is 61.8 Å². The average Bonchev–Trinajstić information content (AvgIpc) is 3.25. The molecule has 0 heterocycles. The van der Waals surface area contributed by atoms with E-state index in [1.807, 2.05) is 0 Å². The van der Waals surface area contributed by atoms with Gasteiger partial charge in [0.15, 0.2) is 6.10 Å². The Hall–Kier alpha value is -3.70. The molecule has 338 valence electrons. The monoisotopic (exact) mass is 829 g/mol. The highest BCUT2D eigenvalue weighted by atomic mass is 16.6. The number of allylic oxidation sites excluding steroid dienone is 20. The normalized spacial score (nSPS) is 13.3. The van der Waals surface area contributed by atoms with Gasteiger partial charge in [-0.3, -0.25) is 9.59 Å². The molecular weight excluding hydrogens is 741 g/mol. The molecule has 0 saturated heterocycles. The maximum atomic E-state index is 12.8. The third-order valence-electron chi connectivity index (χ3n) is 9.47. The Morgan fingerprint density at radius 1 is 0.367 bits per heavy atom. The number of hydrogen-bond acceptors (Lipinski definition) is 5. The van der Waals surface area contributed by atoms with Crippen LogP contribution in [-0.2, 0) is 23.8 Å². The van der Waals surface area contributed by atoms with E-state index in [0.717, 1.165) is 141 Å². The lowest BCUT2D eigenvalue weighted by atomic mass is 10.1. The van der Waals surface area contributed by atoms with Crippen LogP contribution in [0.4, 0.5) is 0 Å². The highest BCUT2D eigenvalue weighted by Crippen LogP contribution is 2.11. The van der Waals surface area contributed by atoms with Crippen LogP contribution in [0.5, 0.6) is 0 Å². The number of esters is 2. The van der Waals surface area contributed by atoms with E-state index in [1.165, 1.54) is 12.8 Å². The Kier molecular flexibility index (Phi) is 46.6. The summed E-state index contributed by atoms with van der Waals surface area (Å²) in [6.07, 6.45) is 69.2. The molecule has 1 unspecified atom stereocenters. The van der Waals surface area contributed by atoms with Crippen molar-refractivity contribution >= 4 is 11.9 Å². The Labute approximate surface area is 369 Å². The van der Waals surface area contributed by atoms with Gasteiger partial charge < -0.3 is 14.2 Å². The molecule has 1 atom stereocenters. The van der Waals surface area contributed by atoms with Crippen molar-refractivity contribution in [3.63, 3.8) is 0 Å². The van der Waals surface area contributed by atoms with Crippen molar-refractivity contribution in [3.05, 3.63) is 122 Å². The first-order valence-corrected chi connectivity index (χ1v) is 24.1. The number of ether oxygens (including phenoxy) is 3. The number of unbranched alkanes of at least 4 members (excludes halogenated alkanes) is 11. The molecule has 0 fully saturated rings. The molecule has 0 spiro atoms. The average molecular weight is 829 g/mol. The summed E-state index contributed by atoms with van der Waals surface area (Å²) >= 11 is 0. The second-order valence-corrected chi connectivity index (χ2v) is 15.2. The molecular formula is C55H88O5. The van der Waals surface area contributed by atoms with E-state index in [0.29, 0.717) is 19.4 Å². The van der Waals surface area contributed by atoms with Crippen molar-refractivity contribution in [2.24, 2.45) is 0 Å². The summed E-state index contributed by atoms with van der Waals surface area (Å²) in [4.78, 5) is 25.3. The van der Waals surface area contributed by atoms with Gasteiger partial charge in [-0.25, -0.2) is 0 Å². The van der Waals surface area contributed by atoms with E-state index in [2.05, 4.69) is 142 Å². The smallest absolute Gasteiger partial charge is 0.306 e. The molecule has 0 aromatic rings. The molecule has 0 aliphatic heterocycles. The predicted molar refractivity (Wildman–Crippen MR) is 260 cm³/mol. The molecule has 0 aliphatic carbocycles. The summed E-state index contributed by atoms with van der Waals surface area (Å²) in [7, 11) is 0. The first-order chi connectivity index (χ1) is 29.6. The molecule has 0 aromatic carbocycles. The zero-order chi connectivity index (χ0) is 43.5. The minimum Gasteiger partial charge on any atom is -0.462 e. The molecule has 5 heteroatoms. The molecule has 60 heavy (non-hydrogen) atoms. The van der Waals surface area contributed by atoms with Gasteiger partial charge in [0.05, 0.1) is 6.61 Å². The van der Waals surface area contributed by atoms with Crippen molar-refractivity contribution in [1.29, 1.82) is 0 Å². The number of carbonyl (C=O) groups is 2. The Morgan fingerprint density at radius 2 is 0.700 bits per heavy atom. The molecule has 0 amide bonds. The number of rotatable bonds is 42. The van der Waals surface area contributed by atoms with Gasteiger partial charge in [0.2, 0.25) is 0 Å². The summed E-state index contributed by atoms with van der Waals surface area (Å²) in [5.74, 6) is -0.480. The van der Waals surface area contributed by atoms with Crippen LogP contribution in [0.2, 0.25) is 0 Å². The van der Waals surface area contributed by atoms with Crippen LogP contribution in [0.15, 0.2) is 122 Å². The van der Waals surface area contributed by atoms with Crippen molar-refractivity contribution < 1.29 is 23.8 Å². The van der Waals surface area contributed by atoms with Crippen molar-refractivity contribution in [3.8, 4) is 0 Å². The first kappa shape index (κ1) is 56.3. The van der Waals surface area contributed by atoms with Crippen LogP contribution in [0.3, 0.4) is 0 Å². The second kappa shape index (κ2) is 49.7. The summed E-state index contributed by atoms with van der Waals surface area (Å²) < 4.78 is 17.3. The number of carbonyl (C=O) groups excluding carboxylic acids is 2. The van der Waals surface area contributed by atoms with E-state index in [1.54, 1.807) is 0 Å². The van der Waals surface area contributed by atoms with E-state index in [-0.39, 0.29) is 25.2 Å². The van der Waals surface area contributed by atoms with Gasteiger partial charge >= 0.3 is 11.9 Å². The van der Waals surface area contributed by atoms with Gasteiger partial charge in [-0.1, -0.05) is 174 Å². The lowest BCUT2D eigenvalue weighted by Crippen LogP contribution is -2.30. The molecule has 0 N–H and O–H groups in total. The Balaban J connectivity index is 4.43. The quantitative estimate of drug-likeness (QED) is 0.0348. The Bertz CT molecular complexity index is 1260. The molecule has 0 aromatic heterocycles. The first-order valence-electron chi connectivity index (χ1n) is 24.1. The van der Waals surface area contributed by atoms with Crippen LogP contribution >= 0.6 is 0 Å². The van der Waals surface area contributed by atoms with E-state index < -0.39 is 6.10 Å². The van der Waals surface area contributed by atoms with Crippen LogP contribution < -0.4 is 0 Å². The molecule has 0 bridgehead atoms. The fourth-order valence-corrected chi connectivity index (χ4v) is 6.00. The van der Waals surface area contributed by atoms with Gasteiger partial charge in [0, 0.05) is 19.4 Å². The summed E-state index contributed by atoms with van der Waals surface area (Å²) in [5.41, 5.74) is 0. The largest absolute Gasteiger partial charge is 0.462 e. The maximum absolute atomic E-state index is 12.8. The van der Waals surface area contributed by atoms with Gasteiger partial charge in [0.1, 0.15) is 6.61 Å². The Morgan fingerprint density at radius 3 is 1.13 bits per heavy atom. The van der Waals surface area contributed by atoms with Crippen LogP contribution in [0.1, 0.15) is 188 Å². The number of hydrogen-bond donors (Lipinski definition) is 0. The third kappa shape index (κ3) is 47.0. The molecule has 0 aliphatic rings. The van der Waals surface area contributed by atoms with Crippen LogP contribution in [0.25, 0.3) is 0 Å². The molecule has 0 radical (unpaired) electrons. The minimum absolute atomic E-state index is 0.0432. The van der Waals surface area contributed by atoms with E-state index >= 15 is 0 Å². The molecule has 5 nitrogen and oxygen atoms in total. The highest BCUT2D eigenvalue weighted by molar-refractivity contribution is 5.70. The molecule has 0 saturated carbocycles. The SMILES string of the molecule is CC/C=C\C/C=C\C/C=C\C/C=C\CCCCCOCC(COC(=O)CCCCCCC/C=C\C/C=C\C/C=C\CC)OC(=O)CCCCC/C=C\C/C=C\C/C=C\CC. The van der Waals surface area contributed by atoms with Gasteiger partial charge in [-0.2, -0.15) is 0 Å². The van der Waals surface area contributed by atoms with Gasteiger partial charge in [0.25, 0.3) is 0 Å². The maximum Gasteiger partial charge on any atom is 0.306 e. The highest BCUT2D eigenvalue weighted by Gasteiger charge is 2.17. The zero-order valence-electron chi connectivity index (χ0n) is 38.7. The van der Waals surface area contributed by atoms with Crippen LogP contribution in [-0.4, -0.2) is 37.9 Å². The van der Waals surface area contributed by atoms with Crippen molar-refractivity contribution in [2.75, 3.05) is 19.8 Å². The fraction of sp³-hybridized carbons (Fsp3) is 0.600. The predicted octanol–water partition coefficient (Wildman–Crippen LogP) is 16.2. The van der Waals surface area contributed by atoms with Crippen LogP contribution in [0, 0.1) is 0 Å². The third-order valence-corrected chi connectivity index (χ3v) is 9.47. The van der Waals surface area contributed by atoms with Gasteiger partial charge in [-0.15, -0.1) is 0 Å². The zero-order valence-corrected chi connectivity index (χ0v) is 38.7. The van der Waals surface area contributed by atoms with E-state index in [9.17, 15) is 9.59 Å². The van der Waals surface area contributed by atoms with E-state index in [4.69, 9.17) is 14.2 Å². The fourth-order valence-electron chi connectivity index (χ4n) is 6.00. The van der Waals surface area contributed by atoms with Crippen molar-refractivity contribution in [2.45, 2.75) is 194 Å². The summed E-state index contributed by atoms with van der Waals surface area (Å²) in [6.45, 7) is 7.34. The molecule has 0 rings (SSSR count). The summed E-state index contributed by atoms with van der Waals surface area (Å²) in [5, 5.41) is 0.